The lowest BCUT2D eigenvalue weighted by Gasteiger charge is -2.00. The van der Waals surface area contributed by atoms with Gasteiger partial charge in [-0.2, -0.15) is 10.2 Å². The molecular weight excluding hydrogens is 242 g/mol. The van der Waals surface area contributed by atoms with Crippen molar-refractivity contribution < 1.29 is 4.42 Å². The highest BCUT2D eigenvalue weighted by molar-refractivity contribution is 5.55. The zero-order valence-corrected chi connectivity index (χ0v) is 11.2. The van der Waals surface area contributed by atoms with Gasteiger partial charge < -0.3 is 9.73 Å². The minimum absolute atomic E-state index is 0.525. The van der Waals surface area contributed by atoms with E-state index >= 15 is 0 Å². The highest BCUT2D eigenvalue weighted by Crippen LogP contribution is 2.21. The van der Waals surface area contributed by atoms with Gasteiger partial charge in [-0.05, 0) is 32.8 Å². The standard InChI is InChI=1S/C13H17N5O/c1-8-7-11(9(2)16-15-8)13-18-17-12(19-13)5-6-14-10-3-4-10/h7,10,14H,3-6H2,1-2H3. The van der Waals surface area contributed by atoms with E-state index in [1.54, 1.807) is 0 Å². The van der Waals surface area contributed by atoms with Gasteiger partial charge in [-0.3, -0.25) is 0 Å². The molecular formula is C13H17N5O. The van der Waals surface area contributed by atoms with Crippen LogP contribution in [0.2, 0.25) is 0 Å². The largest absolute Gasteiger partial charge is 0.421 e. The molecule has 2 heterocycles. The highest BCUT2D eigenvalue weighted by atomic mass is 16.4. The summed E-state index contributed by atoms with van der Waals surface area (Å²) >= 11 is 0. The van der Waals surface area contributed by atoms with Crippen molar-refractivity contribution in [2.45, 2.75) is 39.2 Å². The first-order chi connectivity index (χ1) is 9.22. The maximum atomic E-state index is 5.68. The van der Waals surface area contributed by atoms with E-state index in [9.17, 15) is 0 Å². The molecule has 2 aromatic heterocycles. The lowest BCUT2D eigenvalue weighted by atomic mass is 10.2. The van der Waals surface area contributed by atoms with E-state index in [0.717, 1.165) is 29.9 Å². The fourth-order valence-corrected chi connectivity index (χ4v) is 1.90. The van der Waals surface area contributed by atoms with Gasteiger partial charge in [0.2, 0.25) is 11.8 Å². The topological polar surface area (TPSA) is 76.7 Å². The molecule has 0 aliphatic heterocycles. The van der Waals surface area contributed by atoms with E-state index in [4.69, 9.17) is 4.42 Å². The van der Waals surface area contributed by atoms with Crippen LogP contribution >= 0.6 is 0 Å². The van der Waals surface area contributed by atoms with Crippen molar-refractivity contribution in [1.82, 2.24) is 25.7 Å². The molecule has 3 rings (SSSR count). The fraction of sp³-hybridized carbons (Fsp3) is 0.538. The van der Waals surface area contributed by atoms with E-state index < -0.39 is 0 Å². The summed E-state index contributed by atoms with van der Waals surface area (Å²) in [5.41, 5.74) is 2.51. The van der Waals surface area contributed by atoms with Gasteiger partial charge in [0.25, 0.3) is 0 Å². The molecule has 100 valence electrons. The molecule has 0 unspecified atom stereocenters. The summed E-state index contributed by atoms with van der Waals surface area (Å²) in [6.07, 6.45) is 3.34. The van der Waals surface area contributed by atoms with Gasteiger partial charge in [-0.1, -0.05) is 0 Å². The third-order valence-electron chi connectivity index (χ3n) is 3.15. The molecule has 0 atom stereocenters. The third kappa shape index (κ3) is 2.96. The van der Waals surface area contributed by atoms with Crippen LogP contribution in [0.4, 0.5) is 0 Å². The summed E-state index contributed by atoms with van der Waals surface area (Å²) in [6.45, 7) is 4.67. The van der Waals surface area contributed by atoms with E-state index in [-0.39, 0.29) is 0 Å². The van der Waals surface area contributed by atoms with Crippen molar-refractivity contribution in [3.05, 3.63) is 23.3 Å². The summed E-state index contributed by atoms with van der Waals surface area (Å²) in [5.74, 6) is 1.19. The number of aromatic nitrogens is 4. The first-order valence-corrected chi connectivity index (χ1v) is 6.59. The third-order valence-corrected chi connectivity index (χ3v) is 3.15. The van der Waals surface area contributed by atoms with Gasteiger partial charge in [-0.25, -0.2) is 0 Å². The Morgan fingerprint density at radius 2 is 2.05 bits per heavy atom. The molecule has 1 saturated carbocycles. The summed E-state index contributed by atoms with van der Waals surface area (Å²) in [7, 11) is 0. The van der Waals surface area contributed by atoms with Crippen molar-refractivity contribution in [3.8, 4) is 11.5 Å². The van der Waals surface area contributed by atoms with Crippen LogP contribution in [0.15, 0.2) is 10.5 Å². The molecule has 1 aliphatic rings. The molecule has 0 amide bonds. The Hall–Kier alpha value is -1.82. The monoisotopic (exact) mass is 259 g/mol. The molecule has 0 spiro atoms. The average Bonchev–Trinajstić information content (AvgIpc) is 3.10. The van der Waals surface area contributed by atoms with Gasteiger partial charge in [0.1, 0.15) is 0 Å². The van der Waals surface area contributed by atoms with Crippen LogP contribution in [-0.2, 0) is 6.42 Å². The summed E-state index contributed by atoms with van der Waals surface area (Å²) in [5, 5.41) is 19.7. The number of nitrogens with one attached hydrogen (secondary N) is 1. The molecule has 19 heavy (non-hydrogen) atoms. The Morgan fingerprint density at radius 1 is 1.21 bits per heavy atom. The number of hydrogen-bond acceptors (Lipinski definition) is 6. The molecule has 2 aromatic rings. The lowest BCUT2D eigenvalue weighted by molar-refractivity contribution is 0.493. The van der Waals surface area contributed by atoms with Crippen LogP contribution in [0.1, 0.15) is 30.1 Å². The summed E-state index contributed by atoms with van der Waals surface area (Å²) < 4.78 is 5.68. The fourth-order valence-electron chi connectivity index (χ4n) is 1.90. The van der Waals surface area contributed by atoms with Crippen LogP contribution < -0.4 is 5.32 Å². The molecule has 0 saturated heterocycles. The van der Waals surface area contributed by atoms with E-state index in [1.807, 2.05) is 19.9 Å². The van der Waals surface area contributed by atoms with Crippen molar-refractivity contribution in [3.63, 3.8) is 0 Å². The quantitative estimate of drug-likeness (QED) is 0.875. The van der Waals surface area contributed by atoms with Crippen molar-refractivity contribution in [1.29, 1.82) is 0 Å². The molecule has 1 N–H and O–H groups in total. The number of rotatable bonds is 5. The molecule has 0 radical (unpaired) electrons. The Bertz CT molecular complexity index is 576. The van der Waals surface area contributed by atoms with E-state index in [2.05, 4.69) is 25.7 Å². The first kappa shape index (κ1) is 12.2. The minimum Gasteiger partial charge on any atom is -0.421 e. The molecule has 1 fully saturated rings. The van der Waals surface area contributed by atoms with E-state index in [1.165, 1.54) is 12.8 Å². The van der Waals surface area contributed by atoms with Crippen LogP contribution in [-0.4, -0.2) is 33.0 Å². The number of nitrogens with zero attached hydrogens (tertiary/aromatic N) is 4. The van der Waals surface area contributed by atoms with Crippen LogP contribution in [0.25, 0.3) is 11.5 Å². The Morgan fingerprint density at radius 3 is 2.84 bits per heavy atom. The zero-order valence-electron chi connectivity index (χ0n) is 11.2. The van der Waals surface area contributed by atoms with Gasteiger partial charge >= 0.3 is 0 Å². The molecule has 6 nitrogen and oxygen atoms in total. The maximum Gasteiger partial charge on any atom is 0.249 e. The maximum absolute atomic E-state index is 5.68. The minimum atomic E-state index is 0.525. The van der Waals surface area contributed by atoms with Gasteiger partial charge in [-0.15, -0.1) is 10.2 Å². The first-order valence-electron chi connectivity index (χ1n) is 6.59. The predicted molar refractivity (Wildman–Crippen MR) is 69.5 cm³/mol. The van der Waals surface area contributed by atoms with Crippen molar-refractivity contribution >= 4 is 0 Å². The van der Waals surface area contributed by atoms with Gasteiger partial charge in [0.15, 0.2) is 0 Å². The van der Waals surface area contributed by atoms with Crippen molar-refractivity contribution in [2.24, 2.45) is 0 Å². The SMILES string of the molecule is Cc1cc(-c2nnc(CCNC3CC3)o2)c(C)nn1. The molecule has 1 aliphatic carbocycles. The van der Waals surface area contributed by atoms with E-state index in [0.29, 0.717) is 17.8 Å². The smallest absolute Gasteiger partial charge is 0.249 e. The normalized spacial score (nSPS) is 14.8. The Kier molecular flexibility index (Phi) is 3.25. The molecule has 6 heteroatoms. The second-order valence-electron chi connectivity index (χ2n) is 4.96. The average molecular weight is 259 g/mol. The summed E-state index contributed by atoms with van der Waals surface area (Å²) in [6, 6.07) is 2.62. The second-order valence-corrected chi connectivity index (χ2v) is 4.96. The van der Waals surface area contributed by atoms with Crippen LogP contribution in [0, 0.1) is 13.8 Å². The van der Waals surface area contributed by atoms with Gasteiger partial charge in [0.05, 0.1) is 17.0 Å². The lowest BCUT2D eigenvalue weighted by Crippen LogP contribution is -2.19. The van der Waals surface area contributed by atoms with Crippen LogP contribution in [0.3, 0.4) is 0 Å². The van der Waals surface area contributed by atoms with Crippen LogP contribution in [0.5, 0.6) is 0 Å². The number of hydrogen-bond donors (Lipinski definition) is 1. The summed E-state index contributed by atoms with van der Waals surface area (Å²) in [4.78, 5) is 0. The molecule has 0 bridgehead atoms. The Labute approximate surface area is 111 Å². The highest BCUT2D eigenvalue weighted by Gasteiger charge is 2.20. The molecule has 0 aromatic carbocycles. The Balaban J connectivity index is 1.70. The number of aryl methyl sites for hydroxylation is 2. The predicted octanol–water partition coefficient (Wildman–Crippen LogP) is 1.44. The zero-order chi connectivity index (χ0) is 13.2. The second kappa shape index (κ2) is 5.05. The van der Waals surface area contributed by atoms with Gasteiger partial charge in [0, 0.05) is 19.0 Å². The van der Waals surface area contributed by atoms with Crippen molar-refractivity contribution in [2.75, 3.05) is 6.54 Å².